The van der Waals surface area contributed by atoms with E-state index in [-0.39, 0.29) is 29.8 Å². The van der Waals surface area contributed by atoms with E-state index in [0.717, 1.165) is 0 Å². The van der Waals surface area contributed by atoms with Crippen LogP contribution in [0.25, 0.3) is 0 Å². The summed E-state index contributed by atoms with van der Waals surface area (Å²) in [5.74, 6) is -1.47. The molecular weight excluding hydrogens is 353 g/mol. The van der Waals surface area contributed by atoms with Gasteiger partial charge < -0.3 is 19.5 Å². The van der Waals surface area contributed by atoms with Gasteiger partial charge in [-0.2, -0.15) is 0 Å². The maximum absolute atomic E-state index is 13.8. The minimum absolute atomic E-state index is 0.123. The number of piperazine rings is 1. The molecule has 1 amide bonds. The highest BCUT2D eigenvalue weighted by Gasteiger charge is 2.24. The third-order valence-electron chi connectivity index (χ3n) is 4.46. The van der Waals surface area contributed by atoms with E-state index >= 15 is 0 Å². The van der Waals surface area contributed by atoms with Crippen LogP contribution in [0.15, 0.2) is 36.5 Å². The number of H-pyrrole nitrogens is 1. The number of para-hydroxylation sites is 1. The number of hydrogen-bond acceptors (Lipinski definition) is 5. The van der Waals surface area contributed by atoms with Gasteiger partial charge in [0.25, 0.3) is 5.91 Å². The number of hydrogen-bond donors (Lipinski definition) is 1. The van der Waals surface area contributed by atoms with Crippen molar-refractivity contribution in [3.8, 4) is 0 Å². The van der Waals surface area contributed by atoms with Crippen LogP contribution in [-0.2, 0) is 9.53 Å². The molecule has 7 nitrogen and oxygen atoms in total. The molecule has 0 radical (unpaired) electrons. The highest BCUT2D eigenvalue weighted by atomic mass is 19.1. The highest BCUT2D eigenvalue weighted by molar-refractivity contribution is 5.97. The van der Waals surface area contributed by atoms with Crippen LogP contribution in [0, 0.1) is 5.82 Å². The molecule has 3 rings (SSSR count). The molecule has 0 unspecified atom stereocenters. The molecule has 1 saturated heterocycles. The molecule has 1 aromatic carbocycles. The first-order valence-electron chi connectivity index (χ1n) is 8.59. The third-order valence-corrected chi connectivity index (χ3v) is 4.46. The van der Waals surface area contributed by atoms with E-state index in [1.165, 1.54) is 25.3 Å². The largest absolute Gasteiger partial charge is 0.451 e. The second kappa shape index (κ2) is 8.03. The second-order valence-corrected chi connectivity index (χ2v) is 6.25. The fourth-order valence-corrected chi connectivity index (χ4v) is 2.92. The summed E-state index contributed by atoms with van der Waals surface area (Å²) in [5.41, 5.74) is 1.01. The summed E-state index contributed by atoms with van der Waals surface area (Å²) in [7, 11) is 0. The van der Waals surface area contributed by atoms with Crippen molar-refractivity contribution in [3.05, 3.63) is 53.6 Å². The Kier molecular flexibility index (Phi) is 5.54. The van der Waals surface area contributed by atoms with Gasteiger partial charge >= 0.3 is 5.97 Å². The maximum Gasteiger partial charge on any atom is 0.355 e. The molecule has 27 heavy (non-hydrogen) atoms. The van der Waals surface area contributed by atoms with Gasteiger partial charge in [-0.15, -0.1) is 0 Å². The molecule has 0 bridgehead atoms. The van der Waals surface area contributed by atoms with Crippen molar-refractivity contribution in [2.45, 2.75) is 6.92 Å². The number of aromatic nitrogens is 1. The normalized spacial score (nSPS) is 14.1. The monoisotopic (exact) mass is 373 g/mol. The smallest absolute Gasteiger partial charge is 0.355 e. The lowest BCUT2D eigenvalue weighted by molar-refractivity contribution is -0.134. The number of halogens is 1. The van der Waals surface area contributed by atoms with E-state index in [9.17, 15) is 18.8 Å². The van der Waals surface area contributed by atoms with Gasteiger partial charge in [-0.3, -0.25) is 9.59 Å². The van der Waals surface area contributed by atoms with E-state index in [1.807, 2.05) is 4.90 Å². The Morgan fingerprint density at radius 3 is 2.48 bits per heavy atom. The van der Waals surface area contributed by atoms with Gasteiger partial charge in [0, 0.05) is 37.9 Å². The zero-order valence-corrected chi connectivity index (χ0v) is 14.9. The lowest BCUT2D eigenvalue weighted by atomic mass is 10.2. The molecular formula is C19H20FN3O4. The second-order valence-electron chi connectivity index (χ2n) is 6.25. The fraction of sp³-hybridized carbons (Fsp3) is 0.316. The maximum atomic E-state index is 13.8. The van der Waals surface area contributed by atoms with Gasteiger partial charge in [0.1, 0.15) is 11.5 Å². The van der Waals surface area contributed by atoms with Crippen LogP contribution in [0.3, 0.4) is 0 Å². The summed E-state index contributed by atoms with van der Waals surface area (Å²) in [5, 5.41) is 0. The third kappa shape index (κ3) is 4.33. The van der Waals surface area contributed by atoms with Crippen molar-refractivity contribution in [2.75, 3.05) is 37.7 Å². The SMILES string of the molecule is CC(=O)c1c[nH]c(C(=O)OCC(=O)N2CCN(c3ccccc3F)CC2)c1. The molecule has 0 saturated carbocycles. The van der Waals surface area contributed by atoms with Crippen LogP contribution in [0.5, 0.6) is 0 Å². The number of ketones is 1. The van der Waals surface area contributed by atoms with Gasteiger partial charge in [-0.1, -0.05) is 12.1 Å². The van der Waals surface area contributed by atoms with Crippen molar-refractivity contribution in [1.29, 1.82) is 0 Å². The molecule has 0 aliphatic carbocycles. The lowest BCUT2D eigenvalue weighted by Crippen LogP contribution is -2.50. The number of anilines is 1. The van der Waals surface area contributed by atoms with Gasteiger partial charge in [0.2, 0.25) is 0 Å². The van der Waals surface area contributed by atoms with E-state index in [2.05, 4.69) is 4.98 Å². The van der Waals surface area contributed by atoms with Crippen LogP contribution in [0.4, 0.5) is 10.1 Å². The standard InChI is InChI=1S/C19H20FN3O4/c1-13(24)14-10-16(21-11-14)19(26)27-12-18(25)23-8-6-22(7-9-23)17-5-3-2-4-15(17)20/h2-5,10-11,21H,6-9,12H2,1H3. The molecule has 1 aromatic heterocycles. The van der Waals surface area contributed by atoms with Crippen LogP contribution >= 0.6 is 0 Å². The van der Waals surface area contributed by atoms with Crippen molar-refractivity contribution in [1.82, 2.24) is 9.88 Å². The summed E-state index contributed by atoms with van der Waals surface area (Å²) in [6.45, 7) is 2.84. The number of carbonyl (C=O) groups excluding carboxylic acids is 3. The first-order valence-corrected chi connectivity index (χ1v) is 8.59. The number of amides is 1. The van der Waals surface area contributed by atoms with Gasteiger partial charge in [0.05, 0.1) is 5.69 Å². The number of ether oxygens (including phenoxy) is 1. The highest BCUT2D eigenvalue weighted by Crippen LogP contribution is 2.20. The molecule has 1 N–H and O–H groups in total. The van der Waals surface area contributed by atoms with Crippen LogP contribution in [0.1, 0.15) is 27.8 Å². The molecule has 1 aliphatic rings. The van der Waals surface area contributed by atoms with E-state index in [0.29, 0.717) is 37.4 Å². The van der Waals surface area contributed by atoms with Gasteiger partial charge in [-0.05, 0) is 25.1 Å². The minimum Gasteiger partial charge on any atom is -0.451 e. The predicted molar refractivity (Wildman–Crippen MR) is 96.3 cm³/mol. The fourth-order valence-electron chi connectivity index (χ4n) is 2.92. The summed E-state index contributed by atoms with van der Waals surface area (Å²) >= 11 is 0. The van der Waals surface area contributed by atoms with Gasteiger partial charge in [-0.25, -0.2) is 9.18 Å². The Morgan fingerprint density at radius 1 is 1.15 bits per heavy atom. The summed E-state index contributed by atoms with van der Waals surface area (Å²) in [6.07, 6.45) is 1.42. The molecule has 2 heterocycles. The number of aromatic amines is 1. The number of benzene rings is 1. The van der Waals surface area contributed by atoms with E-state index < -0.39 is 5.97 Å². The quantitative estimate of drug-likeness (QED) is 0.639. The topological polar surface area (TPSA) is 82.7 Å². The van der Waals surface area contributed by atoms with Crippen LogP contribution < -0.4 is 4.90 Å². The van der Waals surface area contributed by atoms with E-state index in [1.54, 1.807) is 23.1 Å². The Labute approximate surface area is 155 Å². The number of esters is 1. The Balaban J connectivity index is 1.49. The lowest BCUT2D eigenvalue weighted by Gasteiger charge is -2.36. The molecule has 1 fully saturated rings. The average Bonchev–Trinajstić information content (AvgIpc) is 3.17. The van der Waals surface area contributed by atoms with Crippen molar-refractivity contribution >= 4 is 23.3 Å². The van der Waals surface area contributed by atoms with Crippen molar-refractivity contribution in [2.24, 2.45) is 0 Å². The predicted octanol–water partition coefficient (Wildman–Crippen LogP) is 1.86. The van der Waals surface area contributed by atoms with Crippen LogP contribution in [0.2, 0.25) is 0 Å². The van der Waals surface area contributed by atoms with Crippen molar-refractivity contribution < 1.29 is 23.5 Å². The summed E-state index contributed by atoms with van der Waals surface area (Å²) < 4.78 is 18.9. The number of rotatable bonds is 5. The number of nitrogens with one attached hydrogen (secondary N) is 1. The molecule has 0 spiro atoms. The van der Waals surface area contributed by atoms with E-state index in [4.69, 9.17) is 4.74 Å². The zero-order chi connectivity index (χ0) is 19.4. The average molecular weight is 373 g/mol. The van der Waals surface area contributed by atoms with Gasteiger partial charge in [0.15, 0.2) is 12.4 Å². The molecule has 142 valence electrons. The molecule has 2 aromatic rings. The Bertz CT molecular complexity index is 856. The Hall–Kier alpha value is -3.16. The minimum atomic E-state index is -0.694. The molecule has 1 aliphatic heterocycles. The molecule has 8 heteroatoms. The zero-order valence-electron chi connectivity index (χ0n) is 14.9. The number of nitrogens with zero attached hydrogens (tertiary/aromatic N) is 2. The number of Topliss-reactive ketones (excluding diaryl/α,β-unsaturated/α-hetero) is 1. The van der Waals surface area contributed by atoms with Crippen LogP contribution in [-0.4, -0.2) is 60.3 Å². The number of carbonyl (C=O) groups is 3. The molecule has 0 atom stereocenters. The van der Waals surface area contributed by atoms with Crippen molar-refractivity contribution in [3.63, 3.8) is 0 Å². The first-order chi connectivity index (χ1) is 13.0. The Morgan fingerprint density at radius 2 is 1.85 bits per heavy atom. The summed E-state index contributed by atoms with van der Waals surface area (Å²) in [6, 6.07) is 7.91. The summed E-state index contributed by atoms with van der Waals surface area (Å²) in [4.78, 5) is 41.6. The first kappa shape index (κ1) is 18.6.